The number of nitrogens with two attached hydrogens (primary N) is 1. The maximum absolute atomic E-state index is 12.1. The number of hydrogen-bond acceptors (Lipinski definition) is 11. The molecule has 0 aliphatic heterocycles. The summed E-state index contributed by atoms with van der Waals surface area (Å²) in [5.41, 5.74) is 9.47. The smallest absolute Gasteiger partial charge is 0.355 e. The van der Waals surface area contributed by atoms with Gasteiger partial charge in [0.2, 0.25) is 0 Å². The van der Waals surface area contributed by atoms with Gasteiger partial charge in [0.05, 0.1) is 47.1 Å². The highest BCUT2D eigenvalue weighted by molar-refractivity contribution is 9.11. The highest BCUT2D eigenvalue weighted by Gasteiger charge is 2.32. The van der Waals surface area contributed by atoms with E-state index in [0.717, 1.165) is 61.7 Å². The first-order valence-corrected chi connectivity index (χ1v) is 17.7. The molecule has 4 N–H and O–H groups in total. The fourth-order valence-electron chi connectivity index (χ4n) is 4.62. The summed E-state index contributed by atoms with van der Waals surface area (Å²) in [7, 11) is 0. The normalized spacial score (nSPS) is 20.1. The van der Waals surface area contributed by atoms with Gasteiger partial charge in [0, 0.05) is 36.4 Å². The van der Waals surface area contributed by atoms with Crippen molar-refractivity contribution < 1.29 is 24.2 Å². The van der Waals surface area contributed by atoms with E-state index in [1.807, 2.05) is 49.5 Å². The number of halogens is 2. The Morgan fingerprint density at radius 2 is 1.40 bits per heavy atom. The molecule has 0 radical (unpaired) electrons. The van der Waals surface area contributed by atoms with E-state index in [9.17, 15) is 9.59 Å². The zero-order chi connectivity index (χ0) is 32.7. The Kier molecular flexibility index (Phi) is 12.7. The van der Waals surface area contributed by atoms with Gasteiger partial charge < -0.3 is 25.6 Å². The number of carboxylic acid groups (broad SMARTS) is 1. The van der Waals surface area contributed by atoms with Crippen LogP contribution in [0.2, 0.25) is 0 Å². The van der Waals surface area contributed by atoms with E-state index in [1.165, 1.54) is 28.1 Å². The molecule has 2 fully saturated rings. The quantitative estimate of drug-likeness (QED) is 0.170. The van der Waals surface area contributed by atoms with Gasteiger partial charge in [0.15, 0.2) is 13.5 Å². The number of carbonyl (C=O) groups is 2. The summed E-state index contributed by atoms with van der Waals surface area (Å²) in [5.74, 6) is -1.21. The van der Waals surface area contributed by atoms with E-state index >= 15 is 0 Å². The molecule has 2 aliphatic carbocycles. The number of nitrogens with one attached hydrogen (secondary N) is 1. The number of carbonyl (C=O) groups excluding carboxylic acids is 1. The predicted octanol–water partition coefficient (Wildman–Crippen LogP) is 6.52. The first kappa shape index (κ1) is 35.2. The molecule has 17 heteroatoms. The van der Waals surface area contributed by atoms with Crippen LogP contribution in [0.4, 0.5) is 11.4 Å². The first-order chi connectivity index (χ1) is 21.5. The molecule has 4 aromatic rings. The zero-order valence-corrected chi connectivity index (χ0v) is 30.1. The number of nitrogen functional groups attached to an aromatic ring is 1. The number of aromatic nitrogens is 6. The molecular weight excluding hydrogens is 752 g/mol. The lowest BCUT2D eigenvalue weighted by atomic mass is 9.89. The van der Waals surface area contributed by atoms with E-state index < -0.39 is 5.97 Å². The number of rotatable bonds is 9. The van der Waals surface area contributed by atoms with Crippen molar-refractivity contribution in [3.05, 3.63) is 53.8 Å². The maximum Gasteiger partial charge on any atom is 0.355 e. The van der Waals surface area contributed by atoms with Gasteiger partial charge in [-0.15, -0.1) is 22.7 Å². The van der Waals surface area contributed by atoms with E-state index in [1.54, 1.807) is 5.38 Å². The third-order valence-corrected chi connectivity index (χ3v) is 9.95. The number of hydrogen-bond donors (Lipinski definition) is 3. The molecule has 2 saturated carbocycles. The number of thiazole rings is 2. The zero-order valence-electron chi connectivity index (χ0n) is 25.3. The molecule has 4 aromatic heterocycles. The maximum atomic E-state index is 12.1. The van der Waals surface area contributed by atoms with Crippen LogP contribution in [0.5, 0.6) is 0 Å². The SMILES string of the molecule is CCOC1CC(n2cc(N)c(C)n2)C1.CCOC1CC(n2cc(NC(=O)c3csc(Br)n3)c(C)n2)C1.O=C(O)c1csc(Br)n1. The molecule has 244 valence electrons. The van der Waals surface area contributed by atoms with Crippen LogP contribution in [0.3, 0.4) is 0 Å². The second-order valence-corrected chi connectivity index (χ2v) is 14.7. The number of aryl methyl sites for hydroxylation is 2. The number of anilines is 2. The van der Waals surface area contributed by atoms with Crippen LogP contribution < -0.4 is 11.1 Å². The second kappa shape index (κ2) is 16.2. The highest BCUT2D eigenvalue weighted by Crippen LogP contribution is 2.36. The van der Waals surface area contributed by atoms with Crippen LogP contribution in [0.1, 0.15) is 84.0 Å². The Balaban J connectivity index is 0.000000171. The molecule has 4 heterocycles. The fourth-order valence-corrected chi connectivity index (χ4v) is 6.59. The molecule has 0 bridgehead atoms. The van der Waals surface area contributed by atoms with E-state index in [2.05, 4.69) is 57.3 Å². The van der Waals surface area contributed by atoms with Crippen molar-refractivity contribution in [2.24, 2.45) is 0 Å². The minimum Gasteiger partial charge on any atom is -0.476 e. The number of nitrogens with zero attached hydrogens (tertiary/aromatic N) is 6. The molecule has 6 rings (SSSR count). The Morgan fingerprint density at radius 3 is 1.80 bits per heavy atom. The summed E-state index contributed by atoms with van der Waals surface area (Å²) < 4.78 is 16.3. The van der Waals surface area contributed by atoms with Crippen molar-refractivity contribution in [3.8, 4) is 0 Å². The van der Waals surface area contributed by atoms with Gasteiger partial charge in [-0.25, -0.2) is 14.8 Å². The average molecular weight is 789 g/mol. The summed E-state index contributed by atoms with van der Waals surface area (Å²) in [6.45, 7) is 9.42. The lowest BCUT2D eigenvalue weighted by Crippen LogP contribution is -2.33. The molecule has 0 saturated heterocycles. The summed E-state index contributed by atoms with van der Waals surface area (Å²) >= 11 is 8.94. The van der Waals surface area contributed by atoms with E-state index in [0.29, 0.717) is 37.8 Å². The topological polar surface area (TPSA) is 172 Å². The van der Waals surface area contributed by atoms with Gasteiger partial charge in [-0.1, -0.05) is 0 Å². The number of carboxylic acids is 1. The summed E-state index contributed by atoms with van der Waals surface area (Å²) in [4.78, 5) is 30.0. The highest BCUT2D eigenvalue weighted by atomic mass is 79.9. The monoisotopic (exact) mass is 786 g/mol. The molecule has 13 nitrogen and oxygen atoms in total. The molecule has 2 aliphatic rings. The number of ether oxygens (including phenoxy) is 2. The van der Waals surface area contributed by atoms with Crippen LogP contribution in [0.15, 0.2) is 31.0 Å². The molecule has 0 aromatic carbocycles. The third-order valence-electron chi connectivity index (χ3n) is 7.22. The lowest BCUT2D eigenvalue weighted by Gasteiger charge is -2.34. The van der Waals surface area contributed by atoms with Gasteiger partial charge >= 0.3 is 5.97 Å². The average Bonchev–Trinajstić information content (AvgIpc) is 3.73. The van der Waals surface area contributed by atoms with Crippen LogP contribution in [0.25, 0.3) is 0 Å². The largest absolute Gasteiger partial charge is 0.476 e. The Hall–Kier alpha value is -2.70. The Labute approximate surface area is 285 Å². The van der Waals surface area contributed by atoms with Crippen molar-refractivity contribution in [3.63, 3.8) is 0 Å². The molecule has 0 spiro atoms. The van der Waals surface area contributed by atoms with Crippen molar-refractivity contribution in [2.45, 2.75) is 77.7 Å². The molecule has 1 amide bonds. The summed E-state index contributed by atoms with van der Waals surface area (Å²) in [6, 6.07) is 0.844. The van der Waals surface area contributed by atoms with Crippen LogP contribution in [-0.4, -0.2) is 71.9 Å². The first-order valence-electron chi connectivity index (χ1n) is 14.3. The standard InChI is InChI=1S/C14H17BrN4O2S.C10H17N3O.C4H2BrNO2S/c1-3-21-10-4-9(5-10)19-6-11(8(2)18-19)16-13(20)12-7-22-14(15)17-12;1-3-14-9-4-8(5-9)13-6-10(11)7(2)12-13;5-4-6-2(1-9-4)3(7)8/h6-7,9-10H,3-5H2,1-2H3,(H,16,20);6,8-9H,3-5,11H2,1-2H3;1H,(H,7,8). The van der Waals surface area contributed by atoms with E-state index in [4.69, 9.17) is 20.3 Å². The van der Waals surface area contributed by atoms with Gasteiger partial charge in [-0.05, 0) is 85.2 Å². The third kappa shape index (κ3) is 9.65. The summed E-state index contributed by atoms with van der Waals surface area (Å²) in [6.07, 6.45) is 8.65. The second-order valence-electron chi connectivity index (χ2n) is 10.4. The van der Waals surface area contributed by atoms with Crippen LogP contribution in [0, 0.1) is 13.8 Å². The van der Waals surface area contributed by atoms with Crippen molar-refractivity contribution in [2.75, 3.05) is 24.3 Å². The predicted molar refractivity (Wildman–Crippen MR) is 180 cm³/mol. The molecular formula is C28H36Br2N8O5S2. The van der Waals surface area contributed by atoms with Crippen LogP contribution in [-0.2, 0) is 9.47 Å². The fraction of sp³-hybridized carbons (Fsp3) is 0.500. The Bertz CT molecular complexity index is 1560. The van der Waals surface area contributed by atoms with Crippen LogP contribution >= 0.6 is 54.5 Å². The Morgan fingerprint density at radius 1 is 0.911 bits per heavy atom. The molecule has 0 atom stereocenters. The number of aromatic carboxylic acids is 1. The summed E-state index contributed by atoms with van der Waals surface area (Å²) in [5, 5.41) is 23.3. The van der Waals surface area contributed by atoms with Gasteiger partial charge in [0.1, 0.15) is 5.69 Å². The van der Waals surface area contributed by atoms with Gasteiger partial charge in [0.25, 0.3) is 5.91 Å². The minimum atomic E-state index is -0.989. The van der Waals surface area contributed by atoms with E-state index in [-0.39, 0.29) is 11.6 Å². The van der Waals surface area contributed by atoms with Crippen molar-refractivity contribution in [1.29, 1.82) is 0 Å². The van der Waals surface area contributed by atoms with Gasteiger partial charge in [-0.2, -0.15) is 10.2 Å². The molecule has 45 heavy (non-hydrogen) atoms. The van der Waals surface area contributed by atoms with Crippen molar-refractivity contribution >= 4 is 77.8 Å². The van der Waals surface area contributed by atoms with Crippen molar-refractivity contribution in [1.82, 2.24) is 29.5 Å². The number of amides is 1. The minimum absolute atomic E-state index is 0.0897. The van der Waals surface area contributed by atoms with Gasteiger partial charge in [-0.3, -0.25) is 14.2 Å². The lowest BCUT2D eigenvalue weighted by molar-refractivity contribution is -0.0229. The molecule has 0 unspecified atom stereocenters.